The molecule has 0 saturated carbocycles. The highest BCUT2D eigenvalue weighted by Crippen LogP contribution is 2.37. The summed E-state index contributed by atoms with van der Waals surface area (Å²) in [6.07, 6.45) is 7.80. The summed E-state index contributed by atoms with van der Waals surface area (Å²) >= 11 is 0. The zero-order valence-corrected chi connectivity index (χ0v) is 21.9. The highest BCUT2D eigenvalue weighted by molar-refractivity contribution is 7.89. The maximum absolute atomic E-state index is 14.0. The Labute approximate surface area is 221 Å². The van der Waals surface area contributed by atoms with Crippen molar-refractivity contribution in [3.05, 3.63) is 95.9 Å². The number of hydrogen-bond donors (Lipinski definition) is 0. The lowest BCUT2D eigenvalue weighted by atomic mass is 9.87. The van der Waals surface area contributed by atoms with E-state index in [0.717, 1.165) is 27.2 Å². The molecule has 2 aliphatic heterocycles. The van der Waals surface area contributed by atoms with Gasteiger partial charge >= 0.3 is 0 Å². The van der Waals surface area contributed by atoms with Crippen molar-refractivity contribution < 1.29 is 22.7 Å². The molecule has 10 heteroatoms. The van der Waals surface area contributed by atoms with Crippen molar-refractivity contribution in [2.24, 2.45) is 5.92 Å². The Hall–Kier alpha value is -4.05. The fourth-order valence-electron chi connectivity index (χ4n) is 5.14. The molecule has 4 heterocycles. The number of carbonyl (C=O) groups is 2. The maximum atomic E-state index is 14.0. The predicted molar refractivity (Wildman–Crippen MR) is 140 cm³/mol. The lowest BCUT2D eigenvalue weighted by molar-refractivity contribution is -0.607. The van der Waals surface area contributed by atoms with E-state index >= 15 is 0 Å². The standard InChI is InChI=1S/C28H28N4O5S/c1-19(2)14-24(21-7-3-6-20(15-21)22-8-4-11-29-16-22)28(34)31-13-10-25-27(31)26(33)18-32(25)38(36,37)23-9-5-12-30(35)17-23/h3-12,15-17,19,24,27H,13-14,18H2,1-2H3. The summed E-state index contributed by atoms with van der Waals surface area (Å²) in [7, 11) is -4.15. The monoisotopic (exact) mass is 532 g/mol. The number of pyridine rings is 2. The largest absolute Gasteiger partial charge is 0.619 e. The first-order chi connectivity index (χ1) is 18.2. The average molecular weight is 533 g/mol. The molecule has 5 rings (SSSR count). The Kier molecular flexibility index (Phi) is 6.75. The van der Waals surface area contributed by atoms with E-state index in [0.29, 0.717) is 11.2 Å². The minimum Gasteiger partial charge on any atom is -0.619 e. The number of Topliss-reactive ketones (excluding diaryl/α,β-unsaturated/α-hetero) is 1. The van der Waals surface area contributed by atoms with E-state index in [1.807, 2.05) is 50.2 Å². The van der Waals surface area contributed by atoms with Crippen LogP contribution >= 0.6 is 0 Å². The molecule has 0 N–H and O–H groups in total. The van der Waals surface area contributed by atoms with E-state index in [9.17, 15) is 23.2 Å². The van der Waals surface area contributed by atoms with Crippen LogP contribution in [0.15, 0.2) is 90.0 Å². The smallest absolute Gasteiger partial charge is 0.270 e. The second kappa shape index (κ2) is 10.0. The van der Waals surface area contributed by atoms with Gasteiger partial charge in [-0.1, -0.05) is 44.2 Å². The van der Waals surface area contributed by atoms with Gasteiger partial charge in [0.2, 0.25) is 12.1 Å². The summed E-state index contributed by atoms with van der Waals surface area (Å²) < 4.78 is 28.0. The van der Waals surface area contributed by atoms with E-state index in [1.54, 1.807) is 18.5 Å². The van der Waals surface area contributed by atoms with Crippen molar-refractivity contribution in [1.82, 2.24) is 14.2 Å². The number of aromatic nitrogens is 2. The van der Waals surface area contributed by atoms with Crippen LogP contribution in [0.1, 0.15) is 31.7 Å². The van der Waals surface area contributed by atoms with Crippen molar-refractivity contribution in [2.75, 3.05) is 13.1 Å². The van der Waals surface area contributed by atoms with Crippen LogP contribution in [-0.4, -0.2) is 53.4 Å². The molecule has 3 aromatic rings. The molecule has 1 aromatic carbocycles. The third-order valence-corrected chi connectivity index (χ3v) is 8.65. The Morgan fingerprint density at radius 1 is 1.16 bits per heavy atom. The van der Waals surface area contributed by atoms with Gasteiger partial charge in [0.15, 0.2) is 16.9 Å². The summed E-state index contributed by atoms with van der Waals surface area (Å²) in [5, 5.41) is 11.7. The molecule has 2 atom stereocenters. The van der Waals surface area contributed by atoms with Gasteiger partial charge in [-0.3, -0.25) is 18.9 Å². The van der Waals surface area contributed by atoms with Crippen molar-refractivity contribution in [3.8, 4) is 11.1 Å². The molecule has 0 radical (unpaired) electrons. The van der Waals surface area contributed by atoms with Crippen molar-refractivity contribution >= 4 is 21.7 Å². The van der Waals surface area contributed by atoms with E-state index in [1.165, 1.54) is 23.2 Å². The molecule has 1 amide bonds. The van der Waals surface area contributed by atoms with Crippen LogP contribution in [0.2, 0.25) is 0 Å². The van der Waals surface area contributed by atoms with Gasteiger partial charge < -0.3 is 10.1 Å². The molecule has 1 fully saturated rings. The van der Waals surface area contributed by atoms with Crippen LogP contribution in [0.5, 0.6) is 0 Å². The van der Waals surface area contributed by atoms with E-state index < -0.39 is 22.0 Å². The van der Waals surface area contributed by atoms with E-state index in [-0.39, 0.29) is 41.3 Å². The van der Waals surface area contributed by atoms with Crippen LogP contribution < -0.4 is 4.73 Å². The van der Waals surface area contributed by atoms with Gasteiger partial charge in [0.1, 0.15) is 6.04 Å². The molecule has 38 heavy (non-hydrogen) atoms. The van der Waals surface area contributed by atoms with Gasteiger partial charge in [0, 0.05) is 25.0 Å². The van der Waals surface area contributed by atoms with Gasteiger partial charge in [-0.2, -0.15) is 4.73 Å². The van der Waals surface area contributed by atoms with Crippen LogP contribution in [-0.2, 0) is 19.6 Å². The highest BCUT2D eigenvalue weighted by atomic mass is 32.2. The molecular weight excluding hydrogens is 504 g/mol. The van der Waals surface area contributed by atoms with Gasteiger partial charge in [0.25, 0.3) is 10.0 Å². The second-order valence-electron chi connectivity index (χ2n) is 9.95. The van der Waals surface area contributed by atoms with Crippen LogP contribution in [0.25, 0.3) is 11.1 Å². The zero-order chi connectivity index (χ0) is 27.0. The number of hydrogen-bond acceptors (Lipinski definition) is 6. The number of nitrogens with zero attached hydrogens (tertiary/aromatic N) is 4. The summed E-state index contributed by atoms with van der Waals surface area (Å²) in [6.45, 7) is 3.82. The van der Waals surface area contributed by atoms with E-state index in [4.69, 9.17) is 0 Å². The Morgan fingerprint density at radius 3 is 2.66 bits per heavy atom. The summed E-state index contributed by atoms with van der Waals surface area (Å²) in [5.41, 5.74) is 2.96. The number of sulfonamides is 1. The first kappa shape index (κ1) is 25.6. The van der Waals surface area contributed by atoms with Gasteiger partial charge in [-0.25, -0.2) is 8.42 Å². The zero-order valence-electron chi connectivity index (χ0n) is 21.1. The maximum Gasteiger partial charge on any atom is 0.270 e. The second-order valence-corrected chi connectivity index (χ2v) is 11.8. The molecular formula is C28H28N4O5S. The number of rotatable bonds is 7. The highest BCUT2D eigenvalue weighted by Gasteiger charge is 2.50. The number of fused-ring (bicyclic) bond motifs is 1. The summed E-state index contributed by atoms with van der Waals surface area (Å²) in [6, 6.07) is 13.2. The van der Waals surface area contributed by atoms with Gasteiger partial charge in [-0.05, 0) is 47.2 Å². The van der Waals surface area contributed by atoms with Crippen molar-refractivity contribution in [1.29, 1.82) is 0 Å². The van der Waals surface area contributed by atoms with E-state index in [2.05, 4.69) is 4.98 Å². The Balaban J connectivity index is 1.44. The number of amides is 1. The quantitative estimate of drug-likeness (QED) is 0.341. The SMILES string of the molecule is CC(C)CC(C(=O)N1CC=C2C1C(=O)CN2S(=O)(=O)c1ccc[n+]([O-])c1)c1cccc(-c2cccnc2)c1. The first-order valence-corrected chi connectivity index (χ1v) is 13.9. The third-order valence-electron chi connectivity index (χ3n) is 6.89. The number of ketones is 1. The predicted octanol–water partition coefficient (Wildman–Crippen LogP) is 2.88. The first-order valence-electron chi connectivity index (χ1n) is 12.4. The minimum atomic E-state index is -4.15. The number of benzene rings is 1. The van der Waals surface area contributed by atoms with Crippen LogP contribution in [0.4, 0.5) is 0 Å². The molecule has 0 aliphatic carbocycles. The topological polar surface area (TPSA) is 115 Å². The molecule has 1 saturated heterocycles. The lowest BCUT2D eigenvalue weighted by Crippen LogP contribution is -2.43. The Bertz CT molecular complexity index is 1520. The minimum absolute atomic E-state index is 0.129. The summed E-state index contributed by atoms with van der Waals surface area (Å²) in [4.78, 5) is 32.6. The fourth-order valence-corrected chi connectivity index (χ4v) is 6.63. The molecule has 0 spiro atoms. The normalized spacial score (nSPS) is 18.0. The molecule has 2 aromatic heterocycles. The van der Waals surface area contributed by atoms with Gasteiger partial charge in [0.05, 0.1) is 18.2 Å². The third kappa shape index (κ3) is 4.67. The van der Waals surface area contributed by atoms with Crippen molar-refractivity contribution in [2.45, 2.75) is 37.1 Å². The average Bonchev–Trinajstić information content (AvgIpc) is 3.49. The molecule has 196 valence electrons. The molecule has 2 aliphatic rings. The van der Waals surface area contributed by atoms with Crippen LogP contribution in [0, 0.1) is 11.1 Å². The molecule has 0 bridgehead atoms. The number of carbonyl (C=O) groups excluding carboxylic acids is 2. The Morgan fingerprint density at radius 2 is 1.95 bits per heavy atom. The molecule has 9 nitrogen and oxygen atoms in total. The summed E-state index contributed by atoms with van der Waals surface area (Å²) in [5.74, 6) is -0.896. The molecule has 2 unspecified atom stereocenters. The van der Waals surface area contributed by atoms with Crippen molar-refractivity contribution in [3.63, 3.8) is 0 Å². The van der Waals surface area contributed by atoms with Gasteiger partial charge in [-0.15, -0.1) is 0 Å². The van der Waals surface area contributed by atoms with Crippen LogP contribution in [0.3, 0.4) is 0 Å². The fraction of sp³-hybridized carbons (Fsp3) is 0.286. The lowest BCUT2D eigenvalue weighted by Gasteiger charge is -2.29.